The number of nitrogens with one attached hydrogen (secondary N) is 1. The third-order valence-corrected chi connectivity index (χ3v) is 3.60. The highest BCUT2D eigenvalue weighted by Crippen LogP contribution is 2.32. The SMILES string of the molecule is CCOC(=NC[C@@H]1CCCO1)NC(=O)c1ccc2c(c1)OCO2. The van der Waals surface area contributed by atoms with Crippen molar-refractivity contribution in [2.75, 3.05) is 26.6 Å². The smallest absolute Gasteiger partial charge is 0.291 e. The summed E-state index contributed by atoms with van der Waals surface area (Å²) in [7, 11) is 0. The Kier molecular flexibility index (Phi) is 4.97. The molecule has 7 heteroatoms. The predicted molar refractivity (Wildman–Crippen MR) is 82.9 cm³/mol. The maximum absolute atomic E-state index is 12.3. The number of carbonyl (C=O) groups is 1. The van der Waals surface area contributed by atoms with Gasteiger partial charge in [0.1, 0.15) is 0 Å². The molecule has 23 heavy (non-hydrogen) atoms. The van der Waals surface area contributed by atoms with E-state index in [-0.39, 0.29) is 24.8 Å². The summed E-state index contributed by atoms with van der Waals surface area (Å²) in [6, 6.07) is 5.24. The molecule has 0 saturated carbocycles. The number of fused-ring (bicyclic) bond motifs is 1. The number of rotatable bonds is 4. The van der Waals surface area contributed by atoms with E-state index in [9.17, 15) is 4.79 Å². The summed E-state index contributed by atoms with van der Waals surface area (Å²) in [6.45, 7) is 3.69. The highest BCUT2D eigenvalue weighted by Gasteiger charge is 2.18. The molecular formula is C16H20N2O5. The molecule has 0 spiro atoms. The molecule has 0 bridgehead atoms. The first-order valence-corrected chi connectivity index (χ1v) is 7.76. The molecule has 1 aromatic rings. The van der Waals surface area contributed by atoms with Gasteiger partial charge in [-0.05, 0) is 38.0 Å². The molecule has 0 radical (unpaired) electrons. The fourth-order valence-corrected chi connectivity index (χ4v) is 2.44. The lowest BCUT2D eigenvalue weighted by molar-refractivity contribution is 0.0963. The Hall–Kier alpha value is -2.28. The number of benzene rings is 1. The Morgan fingerprint density at radius 1 is 1.39 bits per heavy atom. The number of aliphatic imine (C=N–C) groups is 1. The van der Waals surface area contributed by atoms with Crippen LogP contribution in [0.25, 0.3) is 0 Å². The minimum absolute atomic E-state index is 0.105. The standard InChI is InChI=1S/C16H20N2O5/c1-2-20-16(17-9-12-4-3-7-21-12)18-15(19)11-5-6-13-14(8-11)23-10-22-13/h5-6,8,12H,2-4,7,9-10H2,1H3,(H,17,18,19)/t12-/m0/s1. The average Bonchev–Trinajstić information content (AvgIpc) is 3.23. The van der Waals surface area contributed by atoms with E-state index in [0.717, 1.165) is 19.4 Å². The lowest BCUT2D eigenvalue weighted by Crippen LogP contribution is -2.33. The molecular weight excluding hydrogens is 300 g/mol. The number of ether oxygens (including phenoxy) is 4. The fraction of sp³-hybridized carbons (Fsp3) is 0.500. The Bertz CT molecular complexity index is 596. The van der Waals surface area contributed by atoms with Crippen LogP contribution in [0, 0.1) is 0 Å². The maximum atomic E-state index is 12.3. The molecule has 0 aromatic heterocycles. The number of nitrogens with zero attached hydrogens (tertiary/aromatic N) is 1. The molecule has 0 unspecified atom stereocenters. The van der Waals surface area contributed by atoms with Gasteiger partial charge in [-0.25, -0.2) is 4.99 Å². The summed E-state index contributed by atoms with van der Waals surface area (Å²) < 4.78 is 21.4. The van der Waals surface area contributed by atoms with Crippen LogP contribution in [-0.2, 0) is 9.47 Å². The van der Waals surface area contributed by atoms with Crippen molar-refractivity contribution in [2.45, 2.75) is 25.9 Å². The van der Waals surface area contributed by atoms with Crippen LogP contribution in [0.15, 0.2) is 23.2 Å². The Balaban J connectivity index is 1.64. The van der Waals surface area contributed by atoms with Gasteiger partial charge in [0, 0.05) is 12.2 Å². The van der Waals surface area contributed by atoms with E-state index < -0.39 is 0 Å². The summed E-state index contributed by atoms with van der Waals surface area (Å²) >= 11 is 0. The summed E-state index contributed by atoms with van der Waals surface area (Å²) in [6.07, 6.45) is 2.14. The minimum atomic E-state index is -0.303. The van der Waals surface area contributed by atoms with E-state index in [0.29, 0.717) is 30.2 Å². The molecule has 3 rings (SSSR count). The lowest BCUT2D eigenvalue weighted by Gasteiger charge is -2.11. The number of amides is 1. The van der Waals surface area contributed by atoms with Crippen LogP contribution in [0.3, 0.4) is 0 Å². The van der Waals surface area contributed by atoms with Gasteiger partial charge >= 0.3 is 0 Å². The van der Waals surface area contributed by atoms with Crippen LogP contribution in [-0.4, -0.2) is 44.6 Å². The van der Waals surface area contributed by atoms with Gasteiger partial charge in [-0.1, -0.05) is 0 Å². The van der Waals surface area contributed by atoms with Crippen LogP contribution in [0.1, 0.15) is 30.1 Å². The zero-order chi connectivity index (χ0) is 16.1. The molecule has 1 atom stereocenters. The van der Waals surface area contributed by atoms with E-state index in [1.807, 2.05) is 6.92 Å². The second-order valence-corrected chi connectivity index (χ2v) is 5.24. The molecule has 2 aliphatic heterocycles. The van der Waals surface area contributed by atoms with E-state index in [2.05, 4.69) is 10.3 Å². The van der Waals surface area contributed by atoms with Crippen LogP contribution in [0.2, 0.25) is 0 Å². The normalized spacial score (nSPS) is 19.7. The van der Waals surface area contributed by atoms with Crippen LogP contribution in [0.4, 0.5) is 0 Å². The van der Waals surface area contributed by atoms with E-state index in [1.165, 1.54) is 0 Å². The topological polar surface area (TPSA) is 78.4 Å². The van der Waals surface area contributed by atoms with Crippen molar-refractivity contribution < 1.29 is 23.7 Å². The maximum Gasteiger partial charge on any atom is 0.291 e. The minimum Gasteiger partial charge on any atom is -0.465 e. The van der Waals surface area contributed by atoms with E-state index in [4.69, 9.17) is 18.9 Å². The van der Waals surface area contributed by atoms with Gasteiger partial charge in [-0.2, -0.15) is 0 Å². The van der Waals surface area contributed by atoms with E-state index in [1.54, 1.807) is 18.2 Å². The second kappa shape index (κ2) is 7.32. The zero-order valence-corrected chi connectivity index (χ0v) is 13.0. The van der Waals surface area contributed by atoms with Gasteiger partial charge in [0.2, 0.25) is 6.79 Å². The summed E-state index contributed by atoms with van der Waals surface area (Å²) in [5.41, 5.74) is 0.457. The van der Waals surface area contributed by atoms with Crippen molar-refractivity contribution in [1.29, 1.82) is 0 Å². The monoisotopic (exact) mass is 320 g/mol. The van der Waals surface area contributed by atoms with Gasteiger partial charge in [-0.15, -0.1) is 0 Å². The lowest BCUT2D eigenvalue weighted by atomic mass is 10.2. The molecule has 124 valence electrons. The highest BCUT2D eigenvalue weighted by atomic mass is 16.7. The van der Waals surface area contributed by atoms with Crippen molar-refractivity contribution in [1.82, 2.24) is 5.32 Å². The summed E-state index contributed by atoms with van der Waals surface area (Å²) in [4.78, 5) is 16.6. The van der Waals surface area contributed by atoms with Gasteiger partial charge in [-0.3, -0.25) is 10.1 Å². The third-order valence-electron chi connectivity index (χ3n) is 3.60. The molecule has 1 amide bonds. The van der Waals surface area contributed by atoms with Crippen LogP contribution in [0.5, 0.6) is 11.5 Å². The average molecular weight is 320 g/mol. The number of amidine groups is 1. The highest BCUT2D eigenvalue weighted by molar-refractivity contribution is 6.04. The Morgan fingerprint density at radius 3 is 3.04 bits per heavy atom. The Labute approximate surface area is 134 Å². The summed E-state index contributed by atoms with van der Waals surface area (Å²) in [5, 5.41) is 2.69. The first kappa shape index (κ1) is 15.6. The Morgan fingerprint density at radius 2 is 2.26 bits per heavy atom. The predicted octanol–water partition coefficient (Wildman–Crippen LogP) is 1.72. The second-order valence-electron chi connectivity index (χ2n) is 5.24. The van der Waals surface area contributed by atoms with Gasteiger partial charge < -0.3 is 18.9 Å². The van der Waals surface area contributed by atoms with E-state index >= 15 is 0 Å². The van der Waals surface area contributed by atoms with Crippen LogP contribution >= 0.6 is 0 Å². The molecule has 1 aromatic carbocycles. The van der Waals surface area contributed by atoms with Crippen molar-refractivity contribution in [2.24, 2.45) is 4.99 Å². The zero-order valence-electron chi connectivity index (χ0n) is 13.0. The molecule has 2 aliphatic rings. The molecule has 1 N–H and O–H groups in total. The number of carbonyl (C=O) groups excluding carboxylic acids is 1. The van der Waals surface area contributed by atoms with Crippen molar-refractivity contribution in [3.63, 3.8) is 0 Å². The fourth-order valence-electron chi connectivity index (χ4n) is 2.44. The molecule has 0 aliphatic carbocycles. The molecule has 1 fully saturated rings. The van der Waals surface area contributed by atoms with Crippen LogP contribution < -0.4 is 14.8 Å². The van der Waals surface area contributed by atoms with Gasteiger partial charge in [0.15, 0.2) is 11.5 Å². The quantitative estimate of drug-likeness (QED) is 0.675. The van der Waals surface area contributed by atoms with Gasteiger partial charge in [0.05, 0.1) is 19.3 Å². The number of hydrogen-bond donors (Lipinski definition) is 1. The molecule has 7 nitrogen and oxygen atoms in total. The number of hydrogen-bond acceptors (Lipinski definition) is 6. The summed E-state index contributed by atoms with van der Waals surface area (Å²) in [5.74, 6) is 0.897. The van der Waals surface area contributed by atoms with Crippen molar-refractivity contribution in [3.05, 3.63) is 23.8 Å². The molecule has 1 saturated heterocycles. The van der Waals surface area contributed by atoms with Crippen molar-refractivity contribution in [3.8, 4) is 11.5 Å². The first-order chi connectivity index (χ1) is 11.3. The molecule has 2 heterocycles. The first-order valence-electron chi connectivity index (χ1n) is 7.76. The van der Waals surface area contributed by atoms with Crippen molar-refractivity contribution >= 4 is 11.9 Å². The van der Waals surface area contributed by atoms with Gasteiger partial charge in [0.25, 0.3) is 11.9 Å². The third kappa shape index (κ3) is 3.92. The largest absolute Gasteiger partial charge is 0.465 e.